The summed E-state index contributed by atoms with van der Waals surface area (Å²) < 4.78 is 0. The normalized spacial score (nSPS) is 26.6. The molecule has 0 spiro atoms. The zero-order chi connectivity index (χ0) is 14.0. The molecule has 20 heavy (non-hydrogen) atoms. The molecule has 106 valence electrons. The van der Waals surface area contributed by atoms with Gasteiger partial charge in [0.15, 0.2) is 5.82 Å². The van der Waals surface area contributed by atoms with Crippen LogP contribution in [0, 0.1) is 5.92 Å². The summed E-state index contributed by atoms with van der Waals surface area (Å²) in [5, 5.41) is 7.52. The second-order valence-electron chi connectivity index (χ2n) is 6.04. The van der Waals surface area contributed by atoms with Gasteiger partial charge in [0.05, 0.1) is 0 Å². The average molecular weight is 270 g/mol. The first-order chi connectivity index (χ1) is 9.73. The van der Waals surface area contributed by atoms with Gasteiger partial charge >= 0.3 is 0 Å². The highest BCUT2D eigenvalue weighted by atomic mass is 15.2. The summed E-state index contributed by atoms with van der Waals surface area (Å²) in [6.07, 6.45) is 4.65. The molecule has 1 heterocycles. The smallest absolute Gasteiger partial charge is 0.181 e. The van der Waals surface area contributed by atoms with E-state index in [1.165, 1.54) is 12.8 Å². The Balaban J connectivity index is 1.89. The van der Waals surface area contributed by atoms with E-state index in [4.69, 9.17) is 10.7 Å². The molecule has 1 fully saturated rings. The van der Waals surface area contributed by atoms with Crippen LogP contribution in [0.15, 0.2) is 30.3 Å². The molecule has 0 amide bonds. The SMILES string of the molecule is CC1CCC(CN)(c2nc(-c3ccccc3)n[nH]2)CC1. The molecule has 0 radical (unpaired) electrons. The number of H-pyrrole nitrogens is 1. The van der Waals surface area contributed by atoms with Crippen LogP contribution in [-0.4, -0.2) is 21.7 Å². The lowest BCUT2D eigenvalue weighted by atomic mass is 9.70. The average Bonchev–Trinajstić information content (AvgIpc) is 3.00. The number of nitrogens with zero attached hydrogens (tertiary/aromatic N) is 2. The summed E-state index contributed by atoms with van der Waals surface area (Å²) in [4.78, 5) is 4.73. The van der Waals surface area contributed by atoms with Crippen LogP contribution < -0.4 is 5.73 Å². The highest BCUT2D eigenvalue weighted by Gasteiger charge is 2.37. The van der Waals surface area contributed by atoms with Crippen LogP contribution in [0.4, 0.5) is 0 Å². The molecule has 3 N–H and O–H groups in total. The van der Waals surface area contributed by atoms with Gasteiger partial charge in [-0.25, -0.2) is 4.98 Å². The van der Waals surface area contributed by atoms with Crippen LogP contribution in [0.2, 0.25) is 0 Å². The number of nitrogens with two attached hydrogens (primary N) is 1. The number of aromatic nitrogens is 3. The quantitative estimate of drug-likeness (QED) is 0.901. The van der Waals surface area contributed by atoms with Crippen molar-refractivity contribution in [2.45, 2.75) is 38.0 Å². The standard InChI is InChI=1S/C16H22N4/c1-12-7-9-16(11-17,10-8-12)15-18-14(19-20-15)13-5-3-2-4-6-13/h2-6,12H,7-11,17H2,1H3,(H,18,19,20). The number of aromatic amines is 1. The second kappa shape index (κ2) is 5.37. The Bertz CT molecular complexity index is 553. The minimum absolute atomic E-state index is 0.00740. The lowest BCUT2D eigenvalue weighted by Crippen LogP contribution is -2.39. The van der Waals surface area contributed by atoms with Crippen LogP contribution in [0.3, 0.4) is 0 Å². The van der Waals surface area contributed by atoms with Crippen LogP contribution in [0.5, 0.6) is 0 Å². The molecule has 0 atom stereocenters. The molecular formula is C16H22N4. The van der Waals surface area contributed by atoms with Crippen LogP contribution in [0.25, 0.3) is 11.4 Å². The van der Waals surface area contributed by atoms with Gasteiger partial charge < -0.3 is 5.73 Å². The third kappa shape index (κ3) is 2.36. The summed E-state index contributed by atoms with van der Waals surface area (Å²) in [6, 6.07) is 10.1. The monoisotopic (exact) mass is 270 g/mol. The van der Waals surface area contributed by atoms with Gasteiger partial charge in [0.1, 0.15) is 5.82 Å². The molecule has 0 bridgehead atoms. The number of hydrogen-bond acceptors (Lipinski definition) is 3. The van der Waals surface area contributed by atoms with Gasteiger partial charge in [0.2, 0.25) is 0 Å². The van der Waals surface area contributed by atoms with Gasteiger partial charge in [-0.2, -0.15) is 5.10 Å². The van der Waals surface area contributed by atoms with E-state index < -0.39 is 0 Å². The molecule has 4 nitrogen and oxygen atoms in total. The summed E-state index contributed by atoms with van der Waals surface area (Å²) in [7, 11) is 0. The van der Waals surface area contributed by atoms with Crippen LogP contribution in [0.1, 0.15) is 38.4 Å². The first-order valence-electron chi connectivity index (χ1n) is 7.42. The highest BCUT2D eigenvalue weighted by Crippen LogP contribution is 2.39. The molecule has 1 aromatic heterocycles. The lowest BCUT2D eigenvalue weighted by Gasteiger charge is -2.36. The van der Waals surface area contributed by atoms with Crippen molar-refractivity contribution in [3.05, 3.63) is 36.2 Å². The maximum atomic E-state index is 6.08. The van der Waals surface area contributed by atoms with Crippen molar-refractivity contribution in [1.82, 2.24) is 15.2 Å². The van der Waals surface area contributed by atoms with E-state index in [1.807, 2.05) is 30.3 Å². The lowest BCUT2D eigenvalue weighted by molar-refractivity contribution is 0.237. The highest BCUT2D eigenvalue weighted by molar-refractivity contribution is 5.54. The fourth-order valence-corrected chi connectivity index (χ4v) is 3.07. The minimum Gasteiger partial charge on any atom is -0.329 e. The van der Waals surface area contributed by atoms with Crippen molar-refractivity contribution in [2.24, 2.45) is 11.7 Å². The summed E-state index contributed by atoms with van der Waals surface area (Å²) in [6.45, 7) is 2.96. The third-order valence-corrected chi connectivity index (χ3v) is 4.64. The Hall–Kier alpha value is -1.68. The van der Waals surface area contributed by atoms with Crippen LogP contribution >= 0.6 is 0 Å². The van der Waals surface area contributed by atoms with Crippen molar-refractivity contribution in [1.29, 1.82) is 0 Å². The van der Waals surface area contributed by atoms with Crippen molar-refractivity contribution < 1.29 is 0 Å². The topological polar surface area (TPSA) is 67.6 Å². The van der Waals surface area contributed by atoms with E-state index in [0.29, 0.717) is 6.54 Å². The van der Waals surface area contributed by atoms with Crippen LogP contribution in [-0.2, 0) is 5.41 Å². The Morgan fingerprint density at radius 3 is 2.60 bits per heavy atom. The van der Waals surface area contributed by atoms with Gasteiger partial charge in [-0.15, -0.1) is 0 Å². The van der Waals surface area contributed by atoms with E-state index >= 15 is 0 Å². The maximum Gasteiger partial charge on any atom is 0.181 e. The number of benzene rings is 1. The van der Waals surface area contributed by atoms with Crippen molar-refractivity contribution >= 4 is 0 Å². The Kier molecular flexibility index (Phi) is 3.57. The van der Waals surface area contributed by atoms with Gasteiger partial charge in [0, 0.05) is 17.5 Å². The molecule has 0 saturated heterocycles. The second-order valence-corrected chi connectivity index (χ2v) is 6.04. The van der Waals surface area contributed by atoms with E-state index in [0.717, 1.165) is 36.0 Å². The molecule has 1 aliphatic rings. The zero-order valence-electron chi connectivity index (χ0n) is 12.0. The van der Waals surface area contributed by atoms with E-state index in [-0.39, 0.29) is 5.41 Å². The molecule has 1 aromatic carbocycles. The fraction of sp³-hybridized carbons (Fsp3) is 0.500. The number of rotatable bonds is 3. The molecule has 0 unspecified atom stereocenters. The third-order valence-electron chi connectivity index (χ3n) is 4.64. The molecule has 1 saturated carbocycles. The molecule has 2 aromatic rings. The molecule has 3 rings (SSSR count). The predicted octanol–water partition coefficient (Wildman–Crippen LogP) is 2.88. The zero-order valence-corrected chi connectivity index (χ0v) is 12.0. The van der Waals surface area contributed by atoms with Gasteiger partial charge in [0.25, 0.3) is 0 Å². The van der Waals surface area contributed by atoms with E-state index in [9.17, 15) is 0 Å². The molecular weight excluding hydrogens is 248 g/mol. The van der Waals surface area contributed by atoms with Crippen molar-refractivity contribution in [3.63, 3.8) is 0 Å². The maximum absolute atomic E-state index is 6.08. The van der Waals surface area contributed by atoms with E-state index in [2.05, 4.69) is 17.1 Å². The summed E-state index contributed by atoms with van der Waals surface area (Å²) in [5.41, 5.74) is 7.12. The largest absolute Gasteiger partial charge is 0.329 e. The van der Waals surface area contributed by atoms with Crippen molar-refractivity contribution in [3.8, 4) is 11.4 Å². The van der Waals surface area contributed by atoms with Gasteiger partial charge in [-0.1, -0.05) is 37.3 Å². The number of hydrogen-bond donors (Lipinski definition) is 2. The minimum atomic E-state index is -0.00740. The Morgan fingerprint density at radius 2 is 1.95 bits per heavy atom. The summed E-state index contributed by atoms with van der Waals surface area (Å²) >= 11 is 0. The number of nitrogens with one attached hydrogen (secondary N) is 1. The molecule has 1 aliphatic carbocycles. The van der Waals surface area contributed by atoms with Crippen molar-refractivity contribution in [2.75, 3.05) is 6.54 Å². The van der Waals surface area contributed by atoms with Gasteiger partial charge in [-0.3, -0.25) is 5.10 Å². The first kappa shape index (κ1) is 13.3. The van der Waals surface area contributed by atoms with Gasteiger partial charge in [-0.05, 0) is 31.6 Å². The molecule has 4 heteroatoms. The first-order valence-corrected chi connectivity index (χ1v) is 7.42. The van der Waals surface area contributed by atoms with E-state index in [1.54, 1.807) is 0 Å². The fourth-order valence-electron chi connectivity index (χ4n) is 3.07. The Labute approximate surface area is 119 Å². The predicted molar refractivity (Wildman–Crippen MR) is 80.2 cm³/mol. The summed E-state index contributed by atoms with van der Waals surface area (Å²) in [5.74, 6) is 2.53. The molecule has 0 aliphatic heterocycles. The Morgan fingerprint density at radius 1 is 1.25 bits per heavy atom.